The molecule has 30 heavy (non-hydrogen) atoms. The molecule has 0 saturated carbocycles. The minimum atomic E-state index is -0.514. The third-order valence-electron chi connectivity index (χ3n) is 4.82. The highest BCUT2D eigenvalue weighted by Gasteiger charge is 2.24. The number of fused-ring (bicyclic) bond motifs is 1. The fourth-order valence-corrected chi connectivity index (χ4v) is 3.31. The number of para-hydroxylation sites is 1. The van der Waals surface area contributed by atoms with Gasteiger partial charge < -0.3 is 9.72 Å². The molecule has 0 saturated heterocycles. The smallest absolute Gasteiger partial charge is 0.358 e. The van der Waals surface area contributed by atoms with Crippen LogP contribution in [0.5, 0.6) is 0 Å². The number of hydrogen-bond donors (Lipinski definition) is 1. The number of aromatic amines is 1. The molecule has 8 heteroatoms. The van der Waals surface area contributed by atoms with E-state index in [0.717, 1.165) is 10.3 Å². The van der Waals surface area contributed by atoms with Crippen LogP contribution in [0, 0.1) is 0 Å². The molecule has 0 fully saturated rings. The lowest BCUT2D eigenvalue weighted by molar-refractivity contribution is 0.0486. The van der Waals surface area contributed by atoms with Gasteiger partial charge in [0, 0.05) is 12.2 Å². The molecule has 2 heterocycles. The van der Waals surface area contributed by atoms with Crippen molar-refractivity contribution in [2.75, 3.05) is 6.61 Å². The first-order chi connectivity index (χ1) is 14.1. The van der Waals surface area contributed by atoms with Crippen molar-refractivity contribution in [3.05, 3.63) is 62.6 Å². The second-order valence-electron chi connectivity index (χ2n) is 8.61. The minimum absolute atomic E-state index is 0.0803. The maximum absolute atomic E-state index is 12.5. The van der Waals surface area contributed by atoms with E-state index in [1.165, 1.54) is 0 Å². The van der Waals surface area contributed by atoms with Crippen LogP contribution in [0.2, 0.25) is 0 Å². The van der Waals surface area contributed by atoms with Crippen molar-refractivity contribution in [2.24, 2.45) is 0 Å². The number of rotatable bonds is 6. The van der Waals surface area contributed by atoms with Crippen LogP contribution in [0.15, 0.2) is 39.9 Å². The molecule has 1 N–H and O–H groups in total. The Morgan fingerprint density at radius 2 is 1.90 bits per heavy atom. The molecule has 0 amide bonds. The van der Waals surface area contributed by atoms with Crippen LogP contribution < -0.4 is 11.2 Å². The van der Waals surface area contributed by atoms with Crippen molar-refractivity contribution < 1.29 is 9.53 Å². The van der Waals surface area contributed by atoms with Gasteiger partial charge in [0.2, 0.25) is 0 Å². The monoisotopic (exact) mass is 412 g/mol. The lowest BCUT2D eigenvalue weighted by Gasteiger charge is -2.23. The molecular formula is C22H28N4O4. The van der Waals surface area contributed by atoms with Crippen molar-refractivity contribution in [2.45, 2.75) is 59.0 Å². The number of ether oxygens (including phenoxy) is 1. The Labute approximate surface area is 174 Å². The third-order valence-corrected chi connectivity index (χ3v) is 4.82. The highest BCUT2D eigenvalue weighted by Crippen LogP contribution is 2.23. The molecule has 3 rings (SSSR count). The molecule has 8 nitrogen and oxygen atoms in total. The topological polar surface area (TPSA) is 99.0 Å². The Balaban J connectivity index is 1.67. The van der Waals surface area contributed by atoms with Gasteiger partial charge in [-0.1, -0.05) is 26.0 Å². The Morgan fingerprint density at radius 3 is 2.53 bits per heavy atom. The van der Waals surface area contributed by atoms with Crippen LogP contribution in [0.4, 0.5) is 0 Å². The lowest BCUT2D eigenvalue weighted by Crippen LogP contribution is -2.35. The Morgan fingerprint density at radius 1 is 1.20 bits per heavy atom. The van der Waals surface area contributed by atoms with Gasteiger partial charge in [-0.3, -0.25) is 14.0 Å². The molecule has 1 aromatic carbocycles. The first-order valence-electron chi connectivity index (χ1n) is 10.1. The van der Waals surface area contributed by atoms with Gasteiger partial charge in [0.15, 0.2) is 5.69 Å². The molecule has 3 aromatic rings. The number of aromatic nitrogens is 4. The molecule has 0 radical (unpaired) electrons. The maximum Gasteiger partial charge on any atom is 0.358 e. The van der Waals surface area contributed by atoms with Crippen molar-refractivity contribution in [3.63, 3.8) is 0 Å². The van der Waals surface area contributed by atoms with Crippen LogP contribution in [-0.4, -0.2) is 31.9 Å². The number of carbonyl (C=O) groups excluding carboxylic acids is 1. The highest BCUT2D eigenvalue weighted by atomic mass is 16.5. The number of nitrogens with one attached hydrogen (secondary N) is 1. The summed E-state index contributed by atoms with van der Waals surface area (Å²) in [5.74, 6) is -0.301. The molecule has 0 spiro atoms. The summed E-state index contributed by atoms with van der Waals surface area (Å²) < 4.78 is 8.31. The molecule has 0 aliphatic heterocycles. The largest absolute Gasteiger partial charge is 0.461 e. The summed E-state index contributed by atoms with van der Waals surface area (Å²) in [4.78, 5) is 39.8. The summed E-state index contributed by atoms with van der Waals surface area (Å²) >= 11 is 0. The summed E-state index contributed by atoms with van der Waals surface area (Å²) in [7, 11) is 0. The number of H-pyrrole nitrogens is 1. The van der Waals surface area contributed by atoms with E-state index in [1.807, 2.05) is 39.3 Å². The van der Waals surface area contributed by atoms with E-state index >= 15 is 0 Å². The van der Waals surface area contributed by atoms with E-state index in [-0.39, 0.29) is 35.9 Å². The van der Waals surface area contributed by atoms with Gasteiger partial charge in [-0.25, -0.2) is 9.59 Å². The summed E-state index contributed by atoms with van der Waals surface area (Å²) in [6.07, 6.45) is 0.337. The van der Waals surface area contributed by atoms with E-state index in [9.17, 15) is 14.4 Å². The standard InChI is InChI=1S/C22H28N4O4/c1-14(2)18-13-17(24-26(18)22(3,4)5)20(28)30-12-8-11-25-19(27)15-9-6-7-10-16(15)23-21(25)29/h6-7,9-10,13-14H,8,11-12H2,1-5H3,(H,23,29). The van der Waals surface area contributed by atoms with Gasteiger partial charge in [-0.2, -0.15) is 5.10 Å². The van der Waals surface area contributed by atoms with Crippen LogP contribution >= 0.6 is 0 Å². The fourth-order valence-electron chi connectivity index (χ4n) is 3.31. The van der Waals surface area contributed by atoms with Crippen LogP contribution in [0.25, 0.3) is 10.9 Å². The molecule has 2 aromatic heterocycles. The third kappa shape index (κ3) is 4.37. The Hall–Kier alpha value is -3.16. The highest BCUT2D eigenvalue weighted by molar-refractivity contribution is 5.87. The average Bonchev–Trinajstić information content (AvgIpc) is 3.13. The number of benzene rings is 1. The summed E-state index contributed by atoms with van der Waals surface area (Å²) in [5, 5.41) is 4.88. The Kier molecular flexibility index (Phi) is 5.96. The maximum atomic E-state index is 12.5. The zero-order valence-corrected chi connectivity index (χ0v) is 18.1. The van der Waals surface area contributed by atoms with Crippen molar-refractivity contribution in [1.82, 2.24) is 19.3 Å². The first-order valence-corrected chi connectivity index (χ1v) is 10.1. The predicted molar refractivity (Wildman–Crippen MR) is 115 cm³/mol. The molecule has 0 aliphatic rings. The zero-order chi connectivity index (χ0) is 22.1. The van der Waals surface area contributed by atoms with Crippen molar-refractivity contribution in [1.29, 1.82) is 0 Å². The average molecular weight is 412 g/mol. The van der Waals surface area contributed by atoms with E-state index in [0.29, 0.717) is 17.3 Å². The minimum Gasteiger partial charge on any atom is -0.461 e. The fraction of sp³-hybridized carbons (Fsp3) is 0.455. The normalized spacial score (nSPS) is 11.9. The molecule has 160 valence electrons. The van der Waals surface area contributed by atoms with Gasteiger partial charge >= 0.3 is 11.7 Å². The van der Waals surface area contributed by atoms with E-state index in [4.69, 9.17) is 4.74 Å². The molecule has 0 bridgehead atoms. The molecule has 0 aliphatic carbocycles. The lowest BCUT2D eigenvalue weighted by atomic mass is 10.1. The van der Waals surface area contributed by atoms with E-state index < -0.39 is 11.7 Å². The number of esters is 1. The van der Waals surface area contributed by atoms with Crippen LogP contribution in [-0.2, 0) is 16.8 Å². The molecule has 0 unspecified atom stereocenters. The SMILES string of the molecule is CC(C)c1cc(C(=O)OCCCn2c(=O)[nH]c3ccccc3c2=O)nn1C(C)(C)C. The van der Waals surface area contributed by atoms with Gasteiger partial charge in [-0.05, 0) is 51.3 Å². The number of carbonyl (C=O) groups is 1. The van der Waals surface area contributed by atoms with Crippen molar-refractivity contribution >= 4 is 16.9 Å². The summed E-state index contributed by atoms with van der Waals surface area (Å²) in [6, 6.07) is 8.62. The molecular weight excluding hydrogens is 384 g/mol. The first kappa shape index (κ1) is 21.5. The van der Waals surface area contributed by atoms with Crippen LogP contribution in [0.3, 0.4) is 0 Å². The Bertz CT molecular complexity index is 1180. The van der Waals surface area contributed by atoms with E-state index in [2.05, 4.69) is 10.1 Å². The predicted octanol–water partition coefficient (Wildman–Crippen LogP) is 3.01. The van der Waals surface area contributed by atoms with Gasteiger partial charge in [-0.15, -0.1) is 0 Å². The summed E-state index contributed by atoms with van der Waals surface area (Å²) in [6.45, 7) is 10.4. The second-order valence-corrected chi connectivity index (χ2v) is 8.61. The van der Waals surface area contributed by atoms with Crippen LogP contribution in [0.1, 0.15) is 63.1 Å². The summed E-state index contributed by atoms with van der Waals surface area (Å²) in [5.41, 5.74) is 0.640. The van der Waals surface area contributed by atoms with Crippen molar-refractivity contribution in [3.8, 4) is 0 Å². The zero-order valence-electron chi connectivity index (χ0n) is 18.1. The quantitative estimate of drug-likeness (QED) is 0.496. The number of hydrogen-bond acceptors (Lipinski definition) is 5. The van der Waals surface area contributed by atoms with Gasteiger partial charge in [0.1, 0.15) is 0 Å². The van der Waals surface area contributed by atoms with Gasteiger partial charge in [0.25, 0.3) is 5.56 Å². The van der Waals surface area contributed by atoms with Gasteiger partial charge in [0.05, 0.1) is 23.0 Å². The van der Waals surface area contributed by atoms with E-state index in [1.54, 1.807) is 30.3 Å². The molecule has 0 atom stereocenters. The second kappa shape index (κ2) is 8.30. The number of nitrogens with zero attached hydrogens (tertiary/aromatic N) is 3.